The van der Waals surface area contributed by atoms with Crippen molar-refractivity contribution in [2.75, 3.05) is 0 Å². The van der Waals surface area contributed by atoms with E-state index in [1.807, 2.05) is 0 Å². The average Bonchev–Trinajstić information content (AvgIpc) is 2.56. The number of fused-ring (bicyclic) bond motifs is 1. The Morgan fingerprint density at radius 2 is 2.04 bits per heavy atom. The lowest BCUT2D eigenvalue weighted by Crippen LogP contribution is -2.23. The maximum atomic E-state index is 13.1. The van der Waals surface area contributed by atoms with Crippen LogP contribution in [0.1, 0.15) is 23.3 Å². The van der Waals surface area contributed by atoms with Gasteiger partial charge in [-0.05, 0) is 29.8 Å². The molecule has 0 radical (unpaired) electrons. The Kier molecular flexibility index (Phi) is 5.36. The first-order valence-electron chi connectivity index (χ1n) is 6.85. The van der Waals surface area contributed by atoms with Crippen LogP contribution >= 0.6 is 11.6 Å². The Bertz CT molecular complexity index is 899. The summed E-state index contributed by atoms with van der Waals surface area (Å²) in [4.78, 5) is 16.3. The van der Waals surface area contributed by atoms with E-state index in [2.05, 4.69) is 10.3 Å². The number of benzene rings is 2. The number of hydrogen-bond donors (Lipinski definition) is 2. The van der Waals surface area contributed by atoms with Crippen LogP contribution in [-0.2, 0) is 6.54 Å². The van der Waals surface area contributed by atoms with Gasteiger partial charge in [0.25, 0.3) is 5.91 Å². The molecule has 0 atom stereocenters. The predicted molar refractivity (Wildman–Crippen MR) is 92.7 cm³/mol. The molecule has 0 saturated heterocycles. The highest BCUT2D eigenvalue weighted by Crippen LogP contribution is 2.26. The van der Waals surface area contributed by atoms with Gasteiger partial charge in [-0.2, -0.15) is 0 Å². The molecular formula is C18H16ClFN2O2. The molecule has 4 nitrogen and oxygen atoms in total. The number of phenolic OH excluding ortho intramolecular Hbond substituents is 1. The Labute approximate surface area is 143 Å². The van der Waals surface area contributed by atoms with Gasteiger partial charge in [-0.15, -0.1) is 0 Å². The summed E-state index contributed by atoms with van der Waals surface area (Å²) >= 11 is 5.70. The molecule has 1 heterocycles. The van der Waals surface area contributed by atoms with E-state index in [1.165, 1.54) is 24.3 Å². The molecule has 0 fully saturated rings. The molecule has 6 heteroatoms. The highest BCUT2D eigenvalue weighted by atomic mass is 35.5. The Balaban J connectivity index is 0.00000208. The van der Waals surface area contributed by atoms with E-state index in [-0.39, 0.29) is 30.3 Å². The molecule has 0 unspecified atom stereocenters. The van der Waals surface area contributed by atoms with Crippen molar-refractivity contribution >= 4 is 28.4 Å². The number of nitrogens with one attached hydrogen (secondary N) is 1. The number of hydrogen-bond acceptors (Lipinski definition) is 3. The number of carbonyl (C=O) groups excluding carboxylic acids is 1. The van der Waals surface area contributed by atoms with Crippen LogP contribution in [0.15, 0.2) is 48.7 Å². The average molecular weight is 347 g/mol. The summed E-state index contributed by atoms with van der Waals surface area (Å²) in [5.41, 5.74) is 1.15. The summed E-state index contributed by atoms with van der Waals surface area (Å²) in [6.45, 7) is 0.165. The van der Waals surface area contributed by atoms with Gasteiger partial charge in [0.05, 0.1) is 10.6 Å². The third-order valence-corrected chi connectivity index (χ3v) is 3.72. The molecule has 2 aromatic carbocycles. The third kappa shape index (κ3) is 3.46. The van der Waals surface area contributed by atoms with Crippen LogP contribution in [0.4, 0.5) is 4.39 Å². The second kappa shape index (κ2) is 7.27. The third-order valence-electron chi connectivity index (χ3n) is 3.43. The van der Waals surface area contributed by atoms with Gasteiger partial charge >= 0.3 is 0 Å². The lowest BCUT2D eigenvalue weighted by atomic mass is 10.1. The smallest absolute Gasteiger partial charge is 0.255 e. The van der Waals surface area contributed by atoms with Crippen molar-refractivity contribution in [3.05, 3.63) is 70.6 Å². The zero-order valence-corrected chi connectivity index (χ0v) is 12.6. The van der Waals surface area contributed by atoms with E-state index in [0.717, 1.165) is 5.39 Å². The quantitative estimate of drug-likeness (QED) is 0.743. The van der Waals surface area contributed by atoms with E-state index in [0.29, 0.717) is 11.1 Å². The lowest BCUT2D eigenvalue weighted by Gasteiger charge is -2.09. The molecule has 124 valence electrons. The Morgan fingerprint density at radius 1 is 1.25 bits per heavy atom. The fraction of sp³-hybridized carbons (Fsp3) is 0.111. The highest BCUT2D eigenvalue weighted by Gasteiger charge is 2.14. The van der Waals surface area contributed by atoms with Crippen molar-refractivity contribution in [1.29, 1.82) is 0 Å². The monoisotopic (exact) mass is 346 g/mol. The van der Waals surface area contributed by atoms with E-state index >= 15 is 0 Å². The zero-order valence-electron chi connectivity index (χ0n) is 11.9. The van der Waals surface area contributed by atoms with Gasteiger partial charge in [0, 0.05) is 18.1 Å². The summed E-state index contributed by atoms with van der Waals surface area (Å²) in [7, 11) is 0. The highest BCUT2D eigenvalue weighted by molar-refractivity contribution is 6.30. The first-order valence-corrected chi connectivity index (χ1v) is 7.23. The standard InChI is InChI=1S/C17H12ClFN2O2.CH4/c18-13-8-10(3-6-14(13)19)9-21-17(23)12-5-4-11-2-1-7-20-15(11)16(12)22;/h1-8,22H,9H2,(H,21,23);1H4. The second-order valence-corrected chi connectivity index (χ2v) is 5.38. The first kappa shape index (κ1) is 17.7. The molecule has 3 rings (SSSR count). The molecule has 0 bridgehead atoms. The van der Waals surface area contributed by atoms with E-state index in [4.69, 9.17) is 11.6 Å². The fourth-order valence-corrected chi connectivity index (χ4v) is 2.44. The van der Waals surface area contributed by atoms with Crippen LogP contribution in [-0.4, -0.2) is 16.0 Å². The lowest BCUT2D eigenvalue weighted by molar-refractivity contribution is 0.0948. The number of aromatic nitrogens is 1. The summed E-state index contributed by atoms with van der Waals surface area (Å²) < 4.78 is 13.1. The summed E-state index contributed by atoms with van der Waals surface area (Å²) in [5.74, 6) is -1.13. The van der Waals surface area contributed by atoms with Crippen molar-refractivity contribution in [2.24, 2.45) is 0 Å². The molecule has 0 aliphatic carbocycles. The minimum Gasteiger partial charge on any atom is -0.505 e. The van der Waals surface area contributed by atoms with Gasteiger partial charge in [-0.3, -0.25) is 9.78 Å². The van der Waals surface area contributed by atoms with Gasteiger partial charge < -0.3 is 10.4 Å². The largest absolute Gasteiger partial charge is 0.505 e. The number of phenols is 1. The molecule has 0 aliphatic heterocycles. The first-order chi connectivity index (χ1) is 11.1. The van der Waals surface area contributed by atoms with Gasteiger partial charge in [0.2, 0.25) is 0 Å². The van der Waals surface area contributed by atoms with Crippen molar-refractivity contribution in [2.45, 2.75) is 14.0 Å². The Hall–Kier alpha value is -2.66. The van der Waals surface area contributed by atoms with Gasteiger partial charge in [-0.1, -0.05) is 37.2 Å². The van der Waals surface area contributed by atoms with Crippen LogP contribution in [0.5, 0.6) is 5.75 Å². The number of aromatic hydroxyl groups is 1. The predicted octanol–water partition coefficient (Wildman–Crippen LogP) is 4.30. The van der Waals surface area contributed by atoms with Crippen molar-refractivity contribution in [3.8, 4) is 5.75 Å². The molecule has 0 aliphatic rings. The molecule has 2 N–H and O–H groups in total. The normalized spacial score (nSPS) is 10.2. The van der Waals surface area contributed by atoms with Gasteiger partial charge in [0.1, 0.15) is 11.3 Å². The minimum atomic E-state index is -0.514. The minimum absolute atomic E-state index is 0. The van der Waals surface area contributed by atoms with E-state index in [9.17, 15) is 14.3 Å². The second-order valence-electron chi connectivity index (χ2n) is 4.97. The van der Waals surface area contributed by atoms with E-state index in [1.54, 1.807) is 24.4 Å². The number of halogens is 2. The number of nitrogens with zero attached hydrogens (tertiary/aromatic N) is 1. The molecule has 1 aromatic heterocycles. The van der Waals surface area contributed by atoms with Gasteiger partial charge in [-0.25, -0.2) is 4.39 Å². The molecule has 0 spiro atoms. The topological polar surface area (TPSA) is 62.2 Å². The number of rotatable bonds is 3. The molecule has 1 amide bonds. The Morgan fingerprint density at radius 3 is 2.79 bits per heavy atom. The molecular weight excluding hydrogens is 331 g/mol. The SMILES string of the molecule is C.O=C(NCc1ccc(F)c(Cl)c1)c1ccc2cccnc2c1O. The maximum absolute atomic E-state index is 13.1. The van der Waals surface area contributed by atoms with Crippen LogP contribution in [0.25, 0.3) is 10.9 Å². The number of amides is 1. The molecule has 24 heavy (non-hydrogen) atoms. The maximum Gasteiger partial charge on any atom is 0.255 e. The molecule has 3 aromatic rings. The summed E-state index contributed by atoms with van der Waals surface area (Å²) in [6, 6.07) is 11.0. The summed E-state index contributed by atoms with van der Waals surface area (Å²) in [6.07, 6.45) is 1.55. The number of carbonyl (C=O) groups is 1. The van der Waals surface area contributed by atoms with E-state index < -0.39 is 11.7 Å². The van der Waals surface area contributed by atoms with Crippen LogP contribution in [0.3, 0.4) is 0 Å². The number of pyridine rings is 1. The fourth-order valence-electron chi connectivity index (χ4n) is 2.24. The summed E-state index contributed by atoms with van der Waals surface area (Å²) in [5, 5.41) is 13.6. The van der Waals surface area contributed by atoms with Crippen LogP contribution < -0.4 is 5.32 Å². The van der Waals surface area contributed by atoms with Crippen molar-refractivity contribution in [1.82, 2.24) is 10.3 Å². The van der Waals surface area contributed by atoms with Crippen LogP contribution in [0, 0.1) is 5.82 Å². The van der Waals surface area contributed by atoms with Crippen molar-refractivity contribution < 1.29 is 14.3 Å². The van der Waals surface area contributed by atoms with Crippen molar-refractivity contribution in [3.63, 3.8) is 0 Å². The van der Waals surface area contributed by atoms with Crippen LogP contribution in [0.2, 0.25) is 5.02 Å². The van der Waals surface area contributed by atoms with Gasteiger partial charge in [0.15, 0.2) is 5.75 Å². The zero-order chi connectivity index (χ0) is 16.4. The molecule has 0 saturated carbocycles.